The molecule has 0 spiro atoms. The molecule has 4 nitrogen and oxygen atoms in total. The second-order valence-electron chi connectivity index (χ2n) is 6.79. The highest BCUT2D eigenvalue weighted by molar-refractivity contribution is 6.33. The van der Waals surface area contributed by atoms with Crippen LogP contribution in [-0.4, -0.2) is 12.4 Å². The summed E-state index contributed by atoms with van der Waals surface area (Å²) in [6.45, 7) is 0. The van der Waals surface area contributed by atoms with Crippen molar-refractivity contribution in [2.45, 2.75) is 12.4 Å². The molecule has 0 aromatic heterocycles. The fourth-order valence-electron chi connectivity index (χ4n) is 2.60. The van der Waals surface area contributed by atoms with Crippen molar-refractivity contribution in [2.24, 2.45) is 10.2 Å². The van der Waals surface area contributed by atoms with Gasteiger partial charge in [0.15, 0.2) is 0 Å². The normalized spacial score (nSPS) is 12.5. The van der Waals surface area contributed by atoms with Crippen LogP contribution in [0, 0.1) is 0 Å². The Labute approximate surface area is 199 Å². The lowest BCUT2D eigenvalue weighted by Crippen LogP contribution is -2.05. The highest BCUT2D eigenvalue weighted by Gasteiger charge is 2.31. The Morgan fingerprint density at radius 1 is 0.588 bits per heavy atom. The lowest BCUT2D eigenvalue weighted by Gasteiger charge is -2.10. The molecular weight excluding hydrogens is 505 g/mol. The monoisotopic (exact) mass is 518 g/mol. The molecule has 2 N–H and O–H groups in total. The third-order valence-corrected chi connectivity index (χ3v) is 4.98. The molecule has 0 unspecified atom stereocenters. The lowest BCUT2D eigenvalue weighted by molar-refractivity contribution is -0.138. The second kappa shape index (κ2) is 10.4. The standard InChI is InChI=1S/C22H14Cl2F6N4/c23-17-7-5-15(21(25,26)27)9-19(17)33-31-11-13-1-2-14(4-3-13)12-32-34-20-10-16(22(28,29)30)6-8-18(20)24/h1-12,33-34H. The van der Waals surface area contributed by atoms with Gasteiger partial charge in [-0.05, 0) is 47.5 Å². The second-order valence-corrected chi connectivity index (χ2v) is 7.61. The van der Waals surface area contributed by atoms with E-state index in [4.69, 9.17) is 23.2 Å². The lowest BCUT2D eigenvalue weighted by atomic mass is 10.2. The van der Waals surface area contributed by atoms with Gasteiger partial charge >= 0.3 is 12.4 Å². The van der Waals surface area contributed by atoms with Crippen molar-refractivity contribution in [3.05, 3.63) is 93.0 Å². The quantitative estimate of drug-likeness (QED) is 0.198. The number of hydrogen-bond donors (Lipinski definition) is 2. The smallest absolute Gasteiger partial charge is 0.277 e. The van der Waals surface area contributed by atoms with Gasteiger partial charge in [0, 0.05) is 0 Å². The third-order valence-electron chi connectivity index (χ3n) is 4.32. The minimum absolute atomic E-state index is 0.00387. The molecule has 0 radical (unpaired) electrons. The van der Waals surface area contributed by atoms with Crippen LogP contribution in [0.15, 0.2) is 70.9 Å². The van der Waals surface area contributed by atoms with Gasteiger partial charge in [-0.1, -0.05) is 47.5 Å². The van der Waals surface area contributed by atoms with Gasteiger partial charge in [-0.3, -0.25) is 10.9 Å². The maximum atomic E-state index is 12.8. The molecule has 3 rings (SSSR count). The molecule has 3 aromatic carbocycles. The van der Waals surface area contributed by atoms with Crippen molar-refractivity contribution in [2.75, 3.05) is 10.9 Å². The molecular formula is C22H14Cl2F6N4. The maximum Gasteiger partial charge on any atom is 0.416 e. The first-order valence-corrected chi connectivity index (χ1v) is 10.1. The zero-order valence-corrected chi connectivity index (χ0v) is 18.4. The molecule has 12 heteroatoms. The van der Waals surface area contributed by atoms with E-state index in [-0.39, 0.29) is 21.4 Å². The molecule has 0 aliphatic carbocycles. The van der Waals surface area contributed by atoms with E-state index in [1.54, 1.807) is 24.3 Å². The number of alkyl halides is 6. The van der Waals surface area contributed by atoms with Crippen molar-refractivity contribution < 1.29 is 26.3 Å². The van der Waals surface area contributed by atoms with Gasteiger partial charge in [-0.2, -0.15) is 36.5 Å². The molecule has 0 bridgehead atoms. The Kier molecular flexibility index (Phi) is 7.73. The van der Waals surface area contributed by atoms with Crippen LogP contribution in [0.5, 0.6) is 0 Å². The van der Waals surface area contributed by atoms with Crippen molar-refractivity contribution >= 4 is 47.0 Å². The number of nitrogens with one attached hydrogen (secondary N) is 2. The largest absolute Gasteiger partial charge is 0.416 e. The van der Waals surface area contributed by atoms with Gasteiger partial charge in [-0.25, -0.2) is 0 Å². The van der Waals surface area contributed by atoms with Gasteiger partial charge in [0.05, 0.1) is 45.0 Å². The number of hydrogen-bond acceptors (Lipinski definition) is 4. The fraction of sp³-hybridized carbons (Fsp3) is 0.0909. The minimum atomic E-state index is -4.51. The van der Waals surface area contributed by atoms with Crippen molar-refractivity contribution in [3.63, 3.8) is 0 Å². The summed E-state index contributed by atoms with van der Waals surface area (Å²) in [4.78, 5) is 0. The molecule has 0 heterocycles. The molecule has 0 fully saturated rings. The van der Waals surface area contributed by atoms with Gasteiger partial charge in [0.1, 0.15) is 0 Å². The van der Waals surface area contributed by atoms with Gasteiger partial charge in [-0.15, -0.1) is 0 Å². The van der Waals surface area contributed by atoms with Crippen LogP contribution in [0.2, 0.25) is 10.0 Å². The van der Waals surface area contributed by atoms with E-state index in [0.717, 1.165) is 36.4 Å². The molecule has 0 aliphatic rings. The van der Waals surface area contributed by atoms with E-state index in [1.165, 1.54) is 12.4 Å². The van der Waals surface area contributed by atoms with Gasteiger partial charge < -0.3 is 0 Å². The van der Waals surface area contributed by atoms with Crippen molar-refractivity contribution in [1.29, 1.82) is 0 Å². The summed E-state index contributed by atoms with van der Waals surface area (Å²) in [5.74, 6) is 0. The van der Waals surface area contributed by atoms with Crippen LogP contribution in [0.4, 0.5) is 37.7 Å². The number of nitrogens with zero attached hydrogens (tertiary/aromatic N) is 2. The topological polar surface area (TPSA) is 48.8 Å². The Bertz CT molecular complexity index is 1110. The fourth-order valence-corrected chi connectivity index (χ4v) is 2.92. The summed E-state index contributed by atoms with van der Waals surface area (Å²) in [5, 5.41) is 7.92. The Balaban J connectivity index is 1.62. The van der Waals surface area contributed by atoms with E-state index in [9.17, 15) is 26.3 Å². The van der Waals surface area contributed by atoms with Crippen LogP contribution in [-0.2, 0) is 12.4 Å². The van der Waals surface area contributed by atoms with E-state index in [1.807, 2.05) is 0 Å². The summed E-state index contributed by atoms with van der Waals surface area (Å²) in [6.07, 6.45) is -6.27. The van der Waals surface area contributed by atoms with Gasteiger partial charge in [0.25, 0.3) is 0 Å². The van der Waals surface area contributed by atoms with E-state index in [2.05, 4.69) is 21.1 Å². The molecule has 178 valence electrons. The molecule has 0 aliphatic heterocycles. The van der Waals surface area contributed by atoms with Crippen LogP contribution in [0.25, 0.3) is 0 Å². The zero-order chi connectivity index (χ0) is 24.9. The summed E-state index contributed by atoms with van der Waals surface area (Å²) < 4.78 is 76.9. The Morgan fingerprint density at radius 2 is 0.941 bits per heavy atom. The van der Waals surface area contributed by atoms with Gasteiger partial charge in [0.2, 0.25) is 0 Å². The average Bonchev–Trinajstić information content (AvgIpc) is 2.76. The highest BCUT2D eigenvalue weighted by atomic mass is 35.5. The first-order valence-electron chi connectivity index (χ1n) is 9.35. The summed E-state index contributed by atoms with van der Waals surface area (Å²) in [7, 11) is 0. The summed E-state index contributed by atoms with van der Waals surface area (Å²) >= 11 is 11.8. The molecule has 0 saturated carbocycles. The van der Waals surface area contributed by atoms with E-state index >= 15 is 0 Å². The molecule has 0 amide bonds. The number of anilines is 2. The van der Waals surface area contributed by atoms with Crippen LogP contribution >= 0.6 is 23.2 Å². The van der Waals surface area contributed by atoms with Crippen LogP contribution in [0.3, 0.4) is 0 Å². The van der Waals surface area contributed by atoms with E-state index in [0.29, 0.717) is 11.1 Å². The number of benzene rings is 3. The maximum absolute atomic E-state index is 12.8. The van der Waals surface area contributed by atoms with Crippen molar-refractivity contribution in [1.82, 2.24) is 0 Å². The highest BCUT2D eigenvalue weighted by Crippen LogP contribution is 2.34. The first kappa shape index (κ1) is 25.4. The number of hydrazone groups is 2. The van der Waals surface area contributed by atoms with Crippen LogP contribution < -0.4 is 10.9 Å². The average molecular weight is 519 g/mol. The predicted octanol–water partition coefficient (Wildman–Crippen LogP) is 7.92. The SMILES string of the molecule is FC(F)(F)c1ccc(Cl)c(NN=Cc2ccc(C=NNc3cc(C(F)(F)F)ccc3Cl)cc2)c1. The number of halogens is 8. The van der Waals surface area contributed by atoms with E-state index < -0.39 is 23.5 Å². The Morgan fingerprint density at radius 3 is 1.26 bits per heavy atom. The summed E-state index contributed by atoms with van der Waals surface area (Å²) in [6, 6.07) is 12.3. The zero-order valence-electron chi connectivity index (χ0n) is 16.8. The van der Waals surface area contributed by atoms with Crippen LogP contribution in [0.1, 0.15) is 22.3 Å². The Hall–Kier alpha value is -3.24. The minimum Gasteiger partial charge on any atom is -0.277 e. The molecule has 0 saturated heterocycles. The molecule has 3 aromatic rings. The third kappa shape index (κ3) is 6.88. The van der Waals surface area contributed by atoms with Crippen molar-refractivity contribution in [3.8, 4) is 0 Å². The number of rotatable bonds is 6. The molecule has 34 heavy (non-hydrogen) atoms. The summed E-state index contributed by atoms with van der Waals surface area (Å²) in [5.41, 5.74) is 4.43. The predicted molar refractivity (Wildman–Crippen MR) is 122 cm³/mol. The molecule has 0 atom stereocenters. The first-order chi connectivity index (χ1) is 15.9.